The van der Waals surface area contributed by atoms with E-state index in [1.165, 1.54) is 0 Å². The molecule has 0 aliphatic carbocycles. The molecule has 0 saturated carbocycles. The van der Waals surface area contributed by atoms with E-state index in [4.69, 9.17) is 9.47 Å². The lowest BCUT2D eigenvalue weighted by Crippen LogP contribution is -2.43. The minimum Gasteiger partial charge on any atom is -0.492 e. The zero-order chi connectivity index (χ0) is 17.4. The first-order valence-corrected chi connectivity index (χ1v) is 8.95. The zero-order valence-electron chi connectivity index (χ0n) is 14.8. The number of amides is 1. The molecule has 130 valence electrons. The summed E-state index contributed by atoms with van der Waals surface area (Å²) in [7, 11) is 1.67. The van der Waals surface area contributed by atoms with Crippen LogP contribution in [0.25, 0.3) is 0 Å². The average Bonchev–Trinajstić information content (AvgIpc) is 2.52. The lowest BCUT2D eigenvalue weighted by atomic mass is 10.1. The first-order chi connectivity index (χ1) is 10.9. The van der Waals surface area contributed by atoms with Gasteiger partial charge in [-0.25, -0.2) is 0 Å². The second-order valence-corrected chi connectivity index (χ2v) is 6.76. The maximum atomic E-state index is 12.9. The fourth-order valence-electron chi connectivity index (χ4n) is 2.42. The fraction of sp³-hybridized carbons (Fsp3) is 0.611. The minimum atomic E-state index is 0.0450. The van der Waals surface area contributed by atoms with Gasteiger partial charge in [-0.3, -0.25) is 4.79 Å². The number of benzene rings is 1. The summed E-state index contributed by atoms with van der Waals surface area (Å²) in [6.45, 7) is 9.49. The summed E-state index contributed by atoms with van der Waals surface area (Å²) in [4.78, 5) is 14.8. The molecule has 0 aliphatic heterocycles. The Kier molecular flexibility index (Phi) is 8.63. The van der Waals surface area contributed by atoms with Gasteiger partial charge in [-0.2, -0.15) is 0 Å². The molecule has 1 atom stereocenters. The Morgan fingerprint density at radius 3 is 2.52 bits per heavy atom. The van der Waals surface area contributed by atoms with Gasteiger partial charge < -0.3 is 14.4 Å². The fourth-order valence-corrected chi connectivity index (χ4v) is 2.78. The molecular formula is C18H28BrNO3. The molecule has 23 heavy (non-hydrogen) atoms. The van der Waals surface area contributed by atoms with Crippen LogP contribution in [0.15, 0.2) is 22.7 Å². The van der Waals surface area contributed by atoms with Crippen molar-refractivity contribution in [1.82, 2.24) is 4.90 Å². The van der Waals surface area contributed by atoms with Crippen LogP contribution in [-0.2, 0) is 4.74 Å². The van der Waals surface area contributed by atoms with Gasteiger partial charge in [0, 0.05) is 37.8 Å². The van der Waals surface area contributed by atoms with Crippen molar-refractivity contribution in [1.29, 1.82) is 0 Å². The summed E-state index contributed by atoms with van der Waals surface area (Å²) in [5.41, 5.74) is 0.656. The molecule has 0 N–H and O–H groups in total. The molecule has 0 unspecified atom stereocenters. The summed E-state index contributed by atoms with van der Waals surface area (Å²) in [6.07, 6.45) is 1.74. The molecule has 0 saturated heterocycles. The van der Waals surface area contributed by atoms with E-state index in [2.05, 4.69) is 29.8 Å². The van der Waals surface area contributed by atoms with Crippen molar-refractivity contribution in [2.45, 2.75) is 52.6 Å². The Bertz CT molecular complexity index is 505. The summed E-state index contributed by atoms with van der Waals surface area (Å²) in [6, 6.07) is 5.89. The zero-order valence-corrected chi connectivity index (χ0v) is 16.4. The highest BCUT2D eigenvalue weighted by atomic mass is 79.9. The Labute approximate surface area is 148 Å². The molecule has 0 spiro atoms. The molecule has 0 radical (unpaired) electrons. The predicted molar refractivity (Wildman–Crippen MR) is 97.2 cm³/mol. The van der Waals surface area contributed by atoms with Crippen molar-refractivity contribution in [3.8, 4) is 5.75 Å². The molecule has 0 aromatic heterocycles. The lowest BCUT2D eigenvalue weighted by Gasteiger charge is -2.32. The van der Waals surface area contributed by atoms with Crippen molar-refractivity contribution >= 4 is 21.8 Å². The smallest absolute Gasteiger partial charge is 0.254 e. The van der Waals surface area contributed by atoms with Gasteiger partial charge in [-0.1, -0.05) is 6.92 Å². The van der Waals surface area contributed by atoms with E-state index in [9.17, 15) is 4.79 Å². The maximum absolute atomic E-state index is 12.9. The molecule has 0 aliphatic rings. The normalized spacial score (nSPS) is 12.3. The van der Waals surface area contributed by atoms with E-state index in [-0.39, 0.29) is 18.0 Å². The van der Waals surface area contributed by atoms with Gasteiger partial charge in [-0.05, 0) is 61.3 Å². The van der Waals surface area contributed by atoms with Crippen LogP contribution >= 0.6 is 15.9 Å². The van der Waals surface area contributed by atoms with Gasteiger partial charge in [0.25, 0.3) is 5.91 Å². The van der Waals surface area contributed by atoms with Crippen LogP contribution in [0.4, 0.5) is 0 Å². The standard InChI is InChI=1S/C18H28BrNO3/c1-6-14(4)20(13(2)3)18(21)15-8-9-16(19)17(12-15)23-11-7-10-22-5/h8-9,12-14H,6-7,10-11H2,1-5H3/t14-/m1/s1. The summed E-state index contributed by atoms with van der Waals surface area (Å²) < 4.78 is 11.6. The summed E-state index contributed by atoms with van der Waals surface area (Å²) >= 11 is 3.48. The molecule has 1 rings (SSSR count). The Balaban J connectivity index is 2.92. The van der Waals surface area contributed by atoms with Crippen molar-refractivity contribution < 1.29 is 14.3 Å². The summed E-state index contributed by atoms with van der Waals surface area (Å²) in [5, 5.41) is 0. The van der Waals surface area contributed by atoms with E-state index in [1.807, 2.05) is 36.9 Å². The van der Waals surface area contributed by atoms with Gasteiger partial charge in [0.05, 0.1) is 11.1 Å². The SMILES string of the molecule is CC[C@@H](C)N(C(=O)c1ccc(Br)c(OCCCOC)c1)C(C)C. The molecule has 0 fully saturated rings. The molecule has 1 aromatic carbocycles. The van der Waals surface area contributed by atoms with E-state index < -0.39 is 0 Å². The minimum absolute atomic E-state index is 0.0450. The average molecular weight is 386 g/mol. The number of hydrogen-bond donors (Lipinski definition) is 0. The van der Waals surface area contributed by atoms with Gasteiger partial charge in [0.2, 0.25) is 0 Å². The topological polar surface area (TPSA) is 38.8 Å². The highest BCUT2D eigenvalue weighted by molar-refractivity contribution is 9.10. The third-order valence-electron chi connectivity index (χ3n) is 3.79. The molecule has 0 heterocycles. The van der Waals surface area contributed by atoms with E-state index in [0.717, 1.165) is 17.3 Å². The van der Waals surface area contributed by atoms with Crippen LogP contribution < -0.4 is 4.74 Å². The first-order valence-electron chi connectivity index (χ1n) is 8.16. The van der Waals surface area contributed by atoms with Crippen LogP contribution in [0.2, 0.25) is 0 Å². The Morgan fingerprint density at radius 2 is 1.96 bits per heavy atom. The quantitative estimate of drug-likeness (QED) is 0.586. The second-order valence-electron chi connectivity index (χ2n) is 5.90. The number of hydrogen-bond acceptors (Lipinski definition) is 3. The molecule has 1 aromatic rings. The van der Waals surface area contributed by atoms with Crippen LogP contribution in [0.3, 0.4) is 0 Å². The molecule has 0 bridgehead atoms. The third-order valence-corrected chi connectivity index (χ3v) is 4.44. The summed E-state index contributed by atoms with van der Waals surface area (Å²) in [5.74, 6) is 0.739. The Morgan fingerprint density at radius 1 is 1.26 bits per heavy atom. The lowest BCUT2D eigenvalue weighted by molar-refractivity contribution is 0.0621. The number of carbonyl (C=O) groups is 1. The molecular weight excluding hydrogens is 358 g/mol. The van der Waals surface area contributed by atoms with Crippen molar-refractivity contribution in [3.05, 3.63) is 28.2 Å². The largest absolute Gasteiger partial charge is 0.492 e. The van der Waals surface area contributed by atoms with Crippen molar-refractivity contribution in [3.63, 3.8) is 0 Å². The number of halogens is 1. The van der Waals surface area contributed by atoms with Crippen LogP contribution in [0.1, 0.15) is 50.9 Å². The second kappa shape index (κ2) is 9.93. The van der Waals surface area contributed by atoms with E-state index >= 15 is 0 Å². The van der Waals surface area contributed by atoms with Gasteiger partial charge >= 0.3 is 0 Å². The Hall–Kier alpha value is -1.07. The number of methoxy groups -OCH3 is 1. The molecule has 4 nitrogen and oxygen atoms in total. The highest BCUT2D eigenvalue weighted by Crippen LogP contribution is 2.27. The van der Waals surface area contributed by atoms with Crippen molar-refractivity contribution in [2.75, 3.05) is 20.3 Å². The van der Waals surface area contributed by atoms with Crippen LogP contribution in [0, 0.1) is 0 Å². The number of nitrogens with zero attached hydrogens (tertiary/aromatic N) is 1. The monoisotopic (exact) mass is 385 g/mol. The van der Waals surface area contributed by atoms with Crippen LogP contribution in [0.5, 0.6) is 5.75 Å². The first kappa shape index (κ1) is 20.0. The molecule has 5 heteroatoms. The van der Waals surface area contributed by atoms with Gasteiger partial charge in [0.1, 0.15) is 5.75 Å². The number of carbonyl (C=O) groups excluding carboxylic acids is 1. The van der Waals surface area contributed by atoms with Crippen LogP contribution in [-0.4, -0.2) is 43.2 Å². The maximum Gasteiger partial charge on any atom is 0.254 e. The van der Waals surface area contributed by atoms with Crippen molar-refractivity contribution in [2.24, 2.45) is 0 Å². The third kappa shape index (κ3) is 5.81. The molecule has 1 amide bonds. The van der Waals surface area contributed by atoms with E-state index in [0.29, 0.717) is 24.5 Å². The van der Waals surface area contributed by atoms with E-state index in [1.54, 1.807) is 7.11 Å². The predicted octanol–water partition coefficient (Wildman–Crippen LogP) is 4.51. The number of ether oxygens (including phenoxy) is 2. The van der Waals surface area contributed by atoms with Gasteiger partial charge in [0.15, 0.2) is 0 Å². The van der Waals surface area contributed by atoms with Gasteiger partial charge in [-0.15, -0.1) is 0 Å². The number of rotatable bonds is 9. The highest BCUT2D eigenvalue weighted by Gasteiger charge is 2.23.